The molecule has 1 aliphatic carbocycles. The van der Waals surface area contributed by atoms with E-state index < -0.39 is 0 Å². The van der Waals surface area contributed by atoms with Gasteiger partial charge >= 0.3 is 0 Å². The van der Waals surface area contributed by atoms with Gasteiger partial charge in [-0.1, -0.05) is 78.7 Å². The van der Waals surface area contributed by atoms with Gasteiger partial charge in [-0.2, -0.15) is 4.98 Å². The Balaban J connectivity index is 1.33. The quantitative estimate of drug-likeness (QED) is 0.531. The largest absolute Gasteiger partial charge is 0.356 e. The van der Waals surface area contributed by atoms with Crippen LogP contribution in [0, 0.1) is 5.92 Å². The van der Waals surface area contributed by atoms with Gasteiger partial charge in [-0.3, -0.25) is 9.59 Å². The van der Waals surface area contributed by atoms with Crippen LogP contribution < -0.4 is 5.32 Å². The molecule has 0 spiro atoms. The Morgan fingerprint density at radius 2 is 1.68 bits per heavy atom. The van der Waals surface area contributed by atoms with Gasteiger partial charge in [0.25, 0.3) is 0 Å². The Hall–Kier alpha value is -3.48. The van der Waals surface area contributed by atoms with E-state index in [1.165, 1.54) is 0 Å². The summed E-state index contributed by atoms with van der Waals surface area (Å²) in [5.74, 6) is 1.09. The Kier molecular flexibility index (Phi) is 8.28. The SMILES string of the molecule is O=C1NCCCCCCN(C(=O)CCc2ccccc2)[C@H]2C[C@H](c3nc(Cc4ccccc4)no3)C[C@@H]12. The molecule has 0 radical (unpaired) electrons. The van der Waals surface area contributed by atoms with Crippen molar-refractivity contribution >= 4 is 11.8 Å². The van der Waals surface area contributed by atoms with Crippen molar-refractivity contribution in [3.63, 3.8) is 0 Å². The van der Waals surface area contributed by atoms with Crippen LogP contribution in [-0.4, -0.2) is 46.0 Å². The second kappa shape index (κ2) is 12.2. The lowest BCUT2D eigenvalue weighted by Gasteiger charge is -2.33. The van der Waals surface area contributed by atoms with Crippen LogP contribution in [0.4, 0.5) is 0 Å². The van der Waals surface area contributed by atoms with Crippen LogP contribution in [0.15, 0.2) is 65.2 Å². The smallest absolute Gasteiger partial charge is 0.229 e. The summed E-state index contributed by atoms with van der Waals surface area (Å²) in [5.41, 5.74) is 2.28. The summed E-state index contributed by atoms with van der Waals surface area (Å²) >= 11 is 0. The van der Waals surface area contributed by atoms with Crippen molar-refractivity contribution < 1.29 is 14.1 Å². The fraction of sp³-hybridized carbons (Fsp3) is 0.467. The first-order chi connectivity index (χ1) is 18.2. The number of nitrogens with zero attached hydrogens (tertiary/aromatic N) is 3. The fourth-order valence-corrected chi connectivity index (χ4v) is 5.75. The monoisotopic (exact) mass is 500 g/mol. The number of aryl methyl sites for hydroxylation is 1. The van der Waals surface area contributed by atoms with E-state index in [0.29, 0.717) is 56.9 Å². The highest BCUT2D eigenvalue weighted by Gasteiger charge is 2.45. The second-order valence-corrected chi connectivity index (χ2v) is 10.3. The lowest BCUT2D eigenvalue weighted by Crippen LogP contribution is -2.47. The van der Waals surface area contributed by atoms with Gasteiger partial charge < -0.3 is 14.7 Å². The molecule has 1 saturated heterocycles. The van der Waals surface area contributed by atoms with Crippen molar-refractivity contribution in [2.45, 2.75) is 69.7 Å². The molecule has 1 N–H and O–H groups in total. The van der Waals surface area contributed by atoms with Crippen molar-refractivity contribution in [2.75, 3.05) is 13.1 Å². The topological polar surface area (TPSA) is 88.3 Å². The number of hydrogen-bond acceptors (Lipinski definition) is 5. The summed E-state index contributed by atoms with van der Waals surface area (Å²) < 4.78 is 5.70. The number of carbonyl (C=O) groups is 2. The van der Waals surface area contributed by atoms with E-state index in [-0.39, 0.29) is 29.7 Å². The van der Waals surface area contributed by atoms with Gasteiger partial charge in [0, 0.05) is 37.9 Å². The zero-order valence-corrected chi connectivity index (χ0v) is 21.4. The van der Waals surface area contributed by atoms with Crippen LogP contribution in [0.1, 0.15) is 73.7 Å². The summed E-state index contributed by atoms with van der Waals surface area (Å²) in [6, 6.07) is 20.0. The first-order valence-electron chi connectivity index (χ1n) is 13.6. The zero-order valence-electron chi connectivity index (χ0n) is 21.4. The molecule has 3 atom stereocenters. The van der Waals surface area contributed by atoms with E-state index in [2.05, 4.69) is 22.6 Å². The van der Waals surface area contributed by atoms with Crippen LogP contribution in [0.2, 0.25) is 0 Å². The molecule has 1 aromatic heterocycles. The first-order valence-corrected chi connectivity index (χ1v) is 13.6. The highest BCUT2D eigenvalue weighted by molar-refractivity contribution is 5.82. The molecule has 3 aromatic rings. The molecule has 1 aliphatic heterocycles. The van der Waals surface area contributed by atoms with Crippen molar-refractivity contribution in [1.82, 2.24) is 20.4 Å². The molecule has 2 amide bonds. The molecule has 2 aliphatic rings. The van der Waals surface area contributed by atoms with Gasteiger partial charge in [-0.15, -0.1) is 0 Å². The molecule has 7 heteroatoms. The zero-order chi connectivity index (χ0) is 25.5. The molecule has 2 heterocycles. The van der Waals surface area contributed by atoms with E-state index in [1.807, 2.05) is 53.4 Å². The number of benzene rings is 2. The molecule has 37 heavy (non-hydrogen) atoms. The minimum absolute atomic E-state index is 0.0369. The predicted octanol–water partition coefficient (Wildman–Crippen LogP) is 4.67. The van der Waals surface area contributed by atoms with E-state index in [0.717, 1.165) is 36.8 Å². The summed E-state index contributed by atoms with van der Waals surface area (Å²) in [5, 5.41) is 7.36. The average molecular weight is 501 g/mol. The number of aromatic nitrogens is 2. The fourth-order valence-electron chi connectivity index (χ4n) is 5.75. The lowest BCUT2D eigenvalue weighted by molar-refractivity contribution is -0.136. The standard InChI is InChI=1S/C30H36N4O3/c35-28(16-15-22-11-5-3-6-12-22)34-18-10-2-1-9-17-31-29(36)25-20-24(21-26(25)34)30-32-27(33-37-30)19-23-13-7-4-8-14-23/h3-8,11-14,24-26H,1-2,9-10,15-21H2,(H,31,36)/t24-,25-,26+/m1/s1. The normalized spacial score (nSPS) is 22.6. The highest BCUT2D eigenvalue weighted by atomic mass is 16.5. The van der Waals surface area contributed by atoms with Crippen LogP contribution in [0.25, 0.3) is 0 Å². The summed E-state index contributed by atoms with van der Waals surface area (Å²) in [7, 11) is 0. The van der Waals surface area contributed by atoms with Crippen LogP contribution in [-0.2, 0) is 22.4 Å². The minimum atomic E-state index is -0.270. The van der Waals surface area contributed by atoms with Crippen molar-refractivity contribution in [3.8, 4) is 0 Å². The molecule has 194 valence electrons. The third-order valence-corrected chi connectivity index (χ3v) is 7.72. The number of nitrogens with one attached hydrogen (secondary N) is 1. The minimum Gasteiger partial charge on any atom is -0.356 e. The van der Waals surface area contributed by atoms with Gasteiger partial charge in [-0.05, 0) is 43.2 Å². The third-order valence-electron chi connectivity index (χ3n) is 7.72. The van der Waals surface area contributed by atoms with E-state index in [9.17, 15) is 9.59 Å². The summed E-state index contributed by atoms with van der Waals surface area (Å²) in [6.45, 7) is 1.38. The number of rotatable bonds is 6. The Morgan fingerprint density at radius 1 is 0.946 bits per heavy atom. The maximum Gasteiger partial charge on any atom is 0.229 e. The average Bonchev–Trinajstić information content (AvgIpc) is 3.57. The molecule has 0 unspecified atom stereocenters. The molecular weight excluding hydrogens is 464 g/mol. The van der Waals surface area contributed by atoms with Crippen LogP contribution in [0.5, 0.6) is 0 Å². The number of fused-ring (bicyclic) bond motifs is 1. The van der Waals surface area contributed by atoms with E-state index in [1.54, 1.807) is 0 Å². The van der Waals surface area contributed by atoms with Crippen molar-refractivity contribution in [3.05, 3.63) is 83.5 Å². The maximum atomic E-state index is 13.6. The van der Waals surface area contributed by atoms with Crippen molar-refractivity contribution in [2.24, 2.45) is 5.92 Å². The Morgan fingerprint density at radius 3 is 2.46 bits per heavy atom. The number of amides is 2. The molecule has 7 nitrogen and oxygen atoms in total. The second-order valence-electron chi connectivity index (χ2n) is 10.3. The third kappa shape index (κ3) is 6.45. The van der Waals surface area contributed by atoms with Gasteiger partial charge in [-0.25, -0.2) is 0 Å². The molecule has 2 fully saturated rings. The van der Waals surface area contributed by atoms with Crippen LogP contribution >= 0.6 is 0 Å². The van der Waals surface area contributed by atoms with Gasteiger partial charge in [0.15, 0.2) is 5.82 Å². The molecular formula is C30H36N4O3. The number of carbonyl (C=O) groups excluding carboxylic acids is 2. The first kappa shape index (κ1) is 25.2. The lowest BCUT2D eigenvalue weighted by atomic mass is 9.99. The summed E-state index contributed by atoms with van der Waals surface area (Å²) in [6.07, 6.45) is 7.10. The molecule has 2 aromatic carbocycles. The van der Waals surface area contributed by atoms with E-state index in [4.69, 9.17) is 9.51 Å². The number of hydrogen-bond donors (Lipinski definition) is 1. The van der Waals surface area contributed by atoms with Crippen molar-refractivity contribution in [1.29, 1.82) is 0 Å². The Labute approximate surface area is 218 Å². The van der Waals surface area contributed by atoms with Gasteiger partial charge in [0.1, 0.15) is 0 Å². The van der Waals surface area contributed by atoms with Gasteiger partial charge in [0.2, 0.25) is 17.7 Å². The van der Waals surface area contributed by atoms with Crippen LogP contribution in [0.3, 0.4) is 0 Å². The Bertz CT molecular complexity index is 1160. The molecule has 0 bridgehead atoms. The summed E-state index contributed by atoms with van der Waals surface area (Å²) in [4.78, 5) is 33.5. The molecule has 5 rings (SSSR count). The maximum absolute atomic E-state index is 13.6. The van der Waals surface area contributed by atoms with E-state index >= 15 is 0 Å². The van der Waals surface area contributed by atoms with Gasteiger partial charge in [0.05, 0.1) is 5.92 Å². The highest BCUT2D eigenvalue weighted by Crippen LogP contribution is 2.41. The molecule has 1 saturated carbocycles. The predicted molar refractivity (Wildman–Crippen MR) is 141 cm³/mol.